The van der Waals surface area contributed by atoms with E-state index in [0.29, 0.717) is 5.41 Å². The summed E-state index contributed by atoms with van der Waals surface area (Å²) in [7, 11) is 1.73. The molecule has 0 radical (unpaired) electrons. The lowest BCUT2D eigenvalue weighted by Crippen LogP contribution is -2.28. The normalized spacial score (nSPS) is 21.7. The fraction of sp³-hybridized carbons (Fsp3) is 0.364. The van der Waals surface area contributed by atoms with E-state index < -0.39 is 0 Å². The van der Waals surface area contributed by atoms with Crippen LogP contribution in [0.1, 0.15) is 17.9 Å². The molecular weight excluding hydrogens is 336 g/mol. The zero-order valence-electron chi connectivity index (χ0n) is 15.6. The summed E-state index contributed by atoms with van der Waals surface area (Å²) in [5.74, 6) is 2.11. The van der Waals surface area contributed by atoms with Gasteiger partial charge in [-0.25, -0.2) is 4.98 Å². The molecule has 0 unspecified atom stereocenters. The number of hydrogen-bond acceptors (Lipinski definition) is 4. The summed E-state index contributed by atoms with van der Waals surface area (Å²) in [5.41, 5.74) is 3.75. The smallest absolute Gasteiger partial charge is 0.128 e. The number of likely N-dealkylation sites (tertiary alicyclic amines) is 1. The highest BCUT2D eigenvalue weighted by molar-refractivity contribution is 5.67. The Hall–Kier alpha value is -2.66. The fourth-order valence-electron chi connectivity index (χ4n) is 4.69. The molecule has 0 saturated carbocycles. The third-order valence-electron chi connectivity index (χ3n) is 5.98. The summed E-state index contributed by atoms with van der Waals surface area (Å²) < 4.78 is 7.98. The van der Waals surface area contributed by atoms with Gasteiger partial charge in [0.1, 0.15) is 11.6 Å². The highest BCUT2D eigenvalue weighted by Crippen LogP contribution is 2.43. The molecule has 5 nitrogen and oxygen atoms in total. The van der Waals surface area contributed by atoms with Crippen molar-refractivity contribution in [3.05, 3.63) is 66.4 Å². The van der Waals surface area contributed by atoms with Crippen LogP contribution in [0.15, 0.2) is 54.9 Å². The Morgan fingerprint density at radius 3 is 2.81 bits per heavy atom. The maximum absolute atomic E-state index is 5.57. The van der Waals surface area contributed by atoms with E-state index in [4.69, 9.17) is 9.72 Å². The van der Waals surface area contributed by atoms with Gasteiger partial charge in [0.05, 0.1) is 24.7 Å². The maximum atomic E-state index is 5.57. The Labute approximate surface area is 159 Å². The minimum absolute atomic E-state index is 0.301. The molecule has 138 valence electrons. The second-order valence-electron chi connectivity index (χ2n) is 7.80. The molecule has 3 aromatic rings. The van der Waals surface area contributed by atoms with Gasteiger partial charge in [-0.2, -0.15) is 0 Å². The van der Waals surface area contributed by atoms with Crippen LogP contribution < -0.4 is 4.74 Å². The number of rotatable bonds is 4. The third-order valence-corrected chi connectivity index (χ3v) is 5.98. The van der Waals surface area contributed by atoms with Gasteiger partial charge in [0.25, 0.3) is 0 Å². The van der Waals surface area contributed by atoms with Crippen LogP contribution in [0.25, 0.3) is 11.3 Å². The van der Waals surface area contributed by atoms with E-state index in [9.17, 15) is 0 Å². The second-order valence-corrected chi connectivity index (χ2v) is 7.80. The standard InChI is InChI=1S/C22H24N4O/c1-27-20-8-3-2-7-18(20)19-13-24-21-12-22(16-26(19)21)9-11-25(15-22)14-17-6-4-5-10-23-17/h2-8,10,13H,9,11-12,14-16H2,1H3/t22-/m0/s1. The minimum Gasteiger partial charge on any atom is -0.496 e. The van der Waals surface area contributed by atoms with Crippen molar-refractivity contribution in [2.24, 2.45) is 5.41 Å². The van der Waals surface area contributed by atoms with Gasteiger partial charge in [-0.05, 0) is 37.2 Å². The Balaban J connectivity index is 1.37. The van der Waals surface area contributed by atoms with Crippen molar-refractivity contribution < 1.29 is 4.74 Å². The van der Waals surface area contributed by atoms with Crippen LogP contribution >= 0.6 is 0 Å². The first kappa shape index (κ1) is 16.5. The highest BCUT2D eigenvalue weighted by atomic mass is 16.5. The molecule has 2 aromatic heterocycles. The minimum atomic E-state index is 0.301. The first-order valence-electron chi connectivity index (χ1n) is 9.56. The van der Waals surface area contributed by atoms with Gasteiger partial charge in [0.15, 0.2) is 0 Å². The summed E-state index contributed by atoms with van der Waals surface area (Å²) >= 11 is 0. The van der Waals surface area contributed by atoms with E-state index in [1.807, 2.05) is 30.6 Å². The van der Waals surface area contributed by atoms with Gasteiger partial charge in [-0.1, -0.05) is 18.2 Å². The quantitative estimate of drug-likeness (QED) is 0.715. The Bertz CT molecular complexity index is 952. The van der Waals surface area contributed by atoms with E-state index in [-0.39, 0.29) is 0 Å². The number of benzene rings is 1. The maximum Gasteiger partial charge on any atom is 0.128 e. The van der Waals surface area contributed by atoms with Crippen LogP contribution in [0.3, 0.4) is 0 Å². The molecule has 5 rings (SSSR count). The Morgan fingerprint density at radius 1 is 1.07 bits per heavy atom. The molecular formula is C22H24N4O. The van der Waals surface area contributed by atoms with Crippen LogP contribution in [0, 0.1) is 5.41 Å². The summed E-state index contributed by atoms with van der Waals surface area (Å²) in [6, 6.07) is 14.4. The zero-order chi connectivity index (χ0) is 18.3. The predicted molar refractivity (Wildman–Crippen MR) is 104 cm³/mol. The van der Waals surface area contributed by atoms with Crippen LogP contribution in [-0.2, 0) is 19.5 Å². The van der Waals surface area contributed by atoms with Gasteiger partial charge in [0, 0.05) is 43.2 Å². The molecule has 2 aliphatic rings. The summed E-state index contributed by atoms with van der Waals surface area (Å²) in [6.07, 6.45) is 6.15. The van der Waals surface area contributed by atoms with Gasteiger partial charge in [-0.15, -0.1) is 0 Å². The van der Waals surface area contributed by atoms with Crippen LogP contribution in [0.2, 0.25) is 0 Å². The number of methoxy groups -OCH3 is 1. The van der Waals surface area contributed by atoms with Gasteiger partial charge < -0.3 is 9.30 Å². The molecule has 1 saturated heterocycles. The number of imidazole rings is 1. The first-order chi connectivity index (χ1) is 13.3. The second kappa shape index (κ2) is 6.50. The molecule has 0 N–H and O–H groups in total. The lowest BCUT2D eigenvalue weighted by atomic mass is 9.86. The van der Waals surface area contributed by atoms with Crippen molar-refractivity contribution in [2.45, 2.75) is 25.9 Å². The molecule has 4 heterocycles. The Kier molecular flexibility index (Phi) is 3.97. The van der Waals surface area contributed by atoms with Gasteiger partial charge >= 0.3 is 0 Å². The summed E-state index contributed by atoms with van der Waals surface area (Å²) in [5, 5.41) is 0. The summed E-state index contributed by atoms with van der Waals surface area (Å²) in [4.78, 5) is 11.8. The molecule has 5 heteroatoms. The molecule has 1 spiro atoms. The molecule has 0 bridgehead atoms. The van der Waals surface area contributed by atoms with Gasteiger partial charge in [-0.3, -0.25) is 9.88 Å². The SMILES string of the molecule is COc1ccccc1-c1cnc2n1C[C@@]1(CCN(Cc3ccccn3)C1)C2. The zero-order valence-corrected chi connectivity index (χ0v) is 15.6. The molecule has 1 aromatic carbocycles. The number of nitrogens with zero attached hydrogens (tertiary/aromatic N) is 4. The van der Waals surface area contributed by atoms with E-state index >= 15 is 0 Å². The number of para-hydroxylation sites is 1. The van der Waals surface area contributed by atoms with E-state index in [0.717, 1.165) is 49.6 Å². The van der Waals surface area contributed by atoms with Crippen molar-refractivity contribution in [1.29, 1.82) is 0 Å². The monoisotopic (exact) mass is 360 g/mol. The van der Waals surface area contributed by atoms with Crippen molar-refractivity contribution in [3.63, 3.8) is 0 Å². The lowest BCUT2D eigenvalue weighted by Gasteiger charge is -2.23. The molecule has 1 fully saturated rings. The molecule has 0 amide bonds. The van der Waals surface area contributed by atoms with Crippen molar-refractivity contribution in [2.75, 3.05) is 20.2 Å². The first-order valence-corrected chi connectivity index (χ1v) is 9.56. The molecule has 0 aliphatic carbocycles. The Morgan fingerprint density at radius 2 is 1.96 bits per heavy atom. The molecule has 2 aliphatic heterocycles. The van der Waals surface area contributed by atoms with Crippen molar-refractivity contribution in [1.82, 2.24) is 19.4 Å². The van der Waals surface area contributed by atoms with Crippen LogP contribution in [-0.4, -0.2) is 39.6 Å². The van der Waals surface area contributed by atoms with E-state index in [2.05, 4.69) is 38.7 Å². The lowest BCUT2D eigenvalue weighted by molar-refractivity contribution is 0.245. The number of ether oxygens (including phenoxy) is 1. The molecule has 27 heavy (non-hydrogen) atoms. The average molecular weight is 360 g/mol. The van der Waals surface area contributed by atoms with Crippen LogP contribution in [0.5, 0.6) is 5.75 Å². The summed E-state index contributed by atoms with van der Waals surface area (Å²) in [6.45, 7) is 4.21. The number of fused-ring (bicyclic) bond motifs is 1. The highest BCUT2D eigenvalue weighted by Gasteiger charge is 2.44. The third kappa shape index (κ3) is 2.92. The predicted octanol–water partition coefficient (Wildman–Crippen LogP) is 3.40. The van der Waals surface area contributed by atoms with Crippen LogP contribution in [0.4, 0.5) is 0 Å². The fourth-order valence-corrected chi connectivity index (χ4v) is 4.69. The number of pyridine rings is 1. The largest absolute Gasteiger partial charge is 0.496 e. The van der Waals surface area contributed by atoms with E-state index in [1.165, 1.54) is 17.9 Å². The number of aromatic nitrogens is 3. The number of hydrogen-bond donors (Lipinski definition) is 0. The van der Waals surface area contributed by atoms with E-state index in [1.54, 1.807) is 7.11 Å². The molecule has 1 atom stereocenters. The van der Waals surface area contributed by atoms with Crippen molar-refractivity contribution in [3.8, 4) is 17.0 Å². The van der Waals surface area contributed by atoms with Crippen molar-refractivity contribution >= 4 is 0 Å². The average Bonchev–Trinajstić information content (AvgIpc) is 3.37. The topological polar surface area (TPSA) is 43.2 Å². The van der Waals surface area contributed by atoms with Gasteiger partial charge in [0.2, 0.25) is 0 Å².